The van der Waals surface area contributed by atoms with Gasteiger partial charge in [0.05, 0.1) is 0 Å². The predicted octanol–water partition coefficient (Wildman–Crippen LogP) is 2.80. The molecule has 0 aromatic carbocycles. The van der Waals surface area contributed by atoms with Crippen LogP contribution in [0.2, 0.25) is 0 Å². The molecule has 0 aliphatic carbocycles. The van der Waals surface area contributed by atoms with Crippen LogP contribution in [0.1, 0.15) is 53.9 Å². The summed E-state index contributed by atoms with van der Waals surface area (Å²) in [6.45, 7) is 11.8. The zero-order chi connectivity index (χ0) is 16.0. The largest absolute Gasteiger partial charge is 0.444 e. The van der Waals surface area contributed by atoms with Crippen molar-refractivity contribution in [3.05, 3.63) is 0 Å². The molecule has 0 bridgehead atoms. The van der Waals surface area contributed by atoms with E-state index in [1.807, 2.05) is 20.8 Å². The Kier molecular flexibility index (Phi) is 6.49. The molecule has 1 aliphatic rings. The Morgan fingerprint density at radius 2 is 1.81 bits per heavy atom. The van der Waals surface area contributed by atoms with Gasteiger partial charge in [0.15, 0.2) is 0 Å². The molecule has 0 saturated carbocycles. The molecular weight excluding hydrogens is 268 g/mol. The molecule has 0 atom stereocenters. The molecule has 5 nitrogen and oxygen atoms in total. The number of nitrogens with zero attached hydrogens (tertiary/aromatic N) is 1. The molecule has 5 heteroatoms. The Morgan fingerprint density at radius 3 is 2.29 bits per heavy atom. The second-order valence-electron chi connectivity index (χ2n) is 7.22. The van der Waals surface area contributed by atoms with Crippen LogP contribution in [0.3, 0.4) is 0 Å². The highest BCUT2D eigenvalue weighted by atomic mass is 16.6. The average molecular weight is 298 g/mol. The van der Waals surface area contributed by atoms with Crippen LogP contribution in [0.15, 0.2) is 0 Å². The third-order valence-corrected chi connectivity index (χ3v) is 3.54. The van der Waals surface area contributed by atoms with Crippen molar-refractivity contribution in [1.29, 1.82) is 0 Å². The van der Waals surface area contributed by atoms with Crippen LogP contribution >= 0.6 is 0 Å². The third-order valence-electron chi connectivity index (χ3n) is 3.54. The normalized spacial score (nSPS) is 17.0. The summed E-state index contributed by atoms with van der Waals surface area (Å²) >= 11 is 0. The summed E-state index contributed by atoms with van der Waals surface area (Å²) < 4.78 is 5.35. The highest BCUT2D eigenvalue weighted by Gasteiger charge is 2.29. The van der Waals surface area contributed by atoms with E-state index in [2.05, 4.69) is 19.2 Å². The number of amides is 2. The van der Waals surface area contributed by atoms with Gasteiger partial charge in [-0.05, 0) is 46.0 Å². The molecule has 122 valence electrons. The van der Waals surface area contributed by atoms with Gasteiger partial charge in [-0.25, -0.2) is 4.79 Å². The number of rotatable bonds is 4. The lowest BCUT2D eigenvalue weighted by Crippen LogP contribution is -2.45. The molecule has 0 aromatic heterocycles. The fourth-order valence-electron chi connectivity index (χ4n) is 2.28. The van der Waals surface area contributed by atoms with Gasteiger partial charge in [0.2, 0.25) is 5.91 Å². The van der Waals surface area contributed by atoms with Gasteiger partial charge in [-0.2, -0.15) is 0 Å². The van der Waals surface area contributed by atoms with Gasteiger partial charge < -0.3 is 15.0 Å². The van der Waals surface area contributed by atoms with E-state index in [1.165, 1.54) is 0 Å². The van der Waals surface area contributed by atoms with Crippen LogP contribution in [0.25, 0.3) is 0 Å². The van der Waals surface area contributed by atoms with Crippen LogP contribution in [-0.4, -0.2) is 42.1 Å². The highest BCUT2D eigenvalue weighted by molar-refractivity contribution is 5.79. The van der Waals surface area contributed by atoms with Gasteiger partial charge in [-0.3, -0.25) is 4.79 Å². The van der Waals surface area contributed by atoms with E-state index in [9.17, 15) is 9.59 Å². The van der Waals surface area contributed by atoms with E-state index >= 15 is 0 Å². The zero-order valence-corrected chi connectivity index (χ0v) is 14.1. The summed E-state index contributed by atoms with van der Waals surface area (Å²) in [7, 11) is 0. The van der Waals surface area contributed by atoms with Crippen LogP contribution < -0.4 is 5.32 Å². The Labute approximate surface area is 128 Å². The molecule has 0 unspecified atom stereocenters. The monoisotopic (exact) mass is 298 g/mol. The van der Waals surface area contributed by atoms with Crippen LogP contribution in [0, 0.1) is 11.8 Å². The first-order chi connectivity index (χ1) is 9.69. The van der Waals surface area contributed by atoms with Crippen LogP contribution in [0.4, 0.5) is 4.79 Å². The lowest BCUT2D eigenvalue weighted by atomic mass is 9.96. The molecule has 1 aliphatic heterocycles. The Hall–Kier alpha value is -1.26. The van der Waals surface area contributed by atoms with E-state index in [1.54, 1.807) is 4.90 Å². The van der Waals surface area contributed by atoms with Crippen molar-refractivity contribution in [3.63, 3.8) is 0 Å². The number of carbonyl (C=O) groups is 2. The van der Waals surface area contributed by atoms with Crippen molar-refractivity contribution in [3.8, 4) is 0 Å². The summed E-state index contributed by atoms with van der Waals surface area (Å²) in [4.78, 5) is 25.7. The molecule has 1 N–H and O–H groups in total. The minimum Gasteiger partial charge on any atom is -0.444 e. The number of hydrogen-bond acceptors (Lipinski definition) is 3. The zero-order valence-electron chi connectivity index (χ0n) is 14.1. The quantitative estimate of drug-likeness (QED) is 0.868. The fraction of sp³-hybridized carbons (Fsp3) is 0.875. The lowest BCUT2D eigenvalue weighted by molar-refractivity contribution is -0.126. The maximum Gasteiger partial charge on any atom is 0.410 e. The molecule has 1 fully saturated rings. The smallest absolute Gasteiger partial charge is 0.410 e. The van der Waals surface area contributed by atoms with Gasteiger partial charge in [-0.15, -0.1) is 0 Å². The maximum atomic E-state index is 12.0. The van der Waals surface area contributed by atoms with Gasteiger partial charge in [0, 0.05) is 25.6 Å². The van der Waals surface area contributed by atoms with Gasteiger partial charge >= 0.3 is 6.09 Å². The minimum atomic E-state index is -0.470. The molecule has 1 saturated heterocycles. The molecule has 1 heterocycles. The Bertz CT molecular complexity index is 353. The summed E-state index contributed by atoms with van der Waals surface area (Å²) in [5, 5.41) is 2.99. The number of likely N-dealkylation sites (tertiary alicyclic amines) is 1. The van der Waals surface area contributed by atoms with Gasteiger partial charge in [0.1, 0.15) is 5.60 Å². The molecule has 0 radical (unpaired) electrons. The predicted molar refractivity (Wildman–Crippen MR) is 83.0 cm³/mol. The molecule has 0 aromatic rings. The van der Waals surface area contributed by atoms with Crippen molar-refractivity contribution in [2.45, 2.75) is 59.5 Å². The first-order valence-electron chi connectivity index (χ1n) is 7.94. The van der Waals surface area contributed by atoms with Crippen molar-refractivity contribution < 1.29 is 14.3 Å². The first-order valence-corrected chi connectivity index (χ1v) is 7.94. The number of hydrogen-bond donors (Lipinski definition) is 1. The number of carbonyl (C=O) groups excluding carboxylic acids is 2. The lowest BCUT2D eigenvalue weighted by Gasteiger charge is -2.33. The van der Waals surface area contributed by atoms with E-state index in [0.29, 0.717) is 31.8 Å². The standard InChI is InChI=1S/C16H30N2O3/c1-12(2)6-9-17-14(19)13-7-10-18(11-8-13)15(20)21-16(3,4)5/h12-13H,6-11H2,1-5H3,(H,17,19). The summed E-state index contributed by atoms with van der Waals surface area (Å²) in [5.41, 5.74) is -0.470. The van der Waals surface area contributed by atoms with E-state index in [-0.39, 0.29) is 17.9 Å². The van der Waals surface area contributed by atoms with Gasteiger partial charge in [-0.1, -0.05) is 13.8 Å². The first kappa shape index (κ1) is 17.8. The van der Waals surface area contributed by atoms with E-state index < -0.39 is 5.60 Å². The van der Waals surface area contributed by atoms with Crippen molar-refractivity contribution in [1.82, 2.24) is 10.2 Å². The second-order valence-corrected chi connectivity index (χ2v) is 7.22. The summed E-state index contributed by atoms with van der Waals surface area (Å²) in [6.07, 6.45) is 2.16. The van der Waals surface area contributed by atoms with Crippen molar-refractivity contribution >= 4 is 12.0 Å². The summed E-state index contributed by atoms with van der Waals surface area (Å²) in [5.74, 6) is 0.745. The number of nitrogens with one attached hydrogen (secondary N) is 1. The Balaban J connectivity index is 2.31. The average Bonchev–Trinajstić information content (AvgIpc) is 2.36. The van der Waals surface area contributed by atoms with Crippen molar-refractivity contribution in [2.75, 3.05) is 19.6 Å². The summed E-state index contributed by atoms with van der Waals surface area (Å²) in [6, 6.07) is 0. The number of piperidine rings is 1. The third kappa shape index (κ3) is 6.82. The second kappa shape index (κ2) is 7.66. The number of ether oxygens (including phenoxy) is 1. The van der Waals surface area contributed by atoms with Crippen molar-refractivity contribution in [2.24, 2.45) is 11.8 Å². The minimum absolute atomic E-state index is 0.0239. The molecule has 21 heavy (non-hydrogen) atoms. The topological polar surface area (TPSA) is 58.6 Å². The SMILES string of the molecule is CC(C)CCNC(=O)C1CCN(C(=O)OC(C)(C)C)CC1. The highest BCUT2D eigenvalue weighted by Crippen LogP contribution is 2.19. The maximum absolute atomic E-state index is 12.0. The molecule has 0 spiro atoms. The van der Waals surface area contributed by atoms with Gasteiger partial charge in [0.25, 0.3) is 0 Å². The molecule has 1 rings (SSSR count). The molecular formula is C16H30N2O3. The van der Waals surface area contributed by atoms with Crippen LogP contribution in [0.5, 0.6) is 0 Å². The van der Waals surface area contributed by atoms with E-state index in [0.717, 1.165) is 13.0 Å². The Morgan fingerprint density at radius 1 is 1.24 bits per heavy atom. The van der Waals surface area contributed by atoms with Crippen LogP contribution in [-0.2, 0) is 9.53 Å². The van der Waals surface area contributed by atoms with E-state index in [4.69, 9.17) is 4.74 Å². The molecule has 2 amide bonds. The fourth-order valence-corrected chi connectivity index (χ4v) is 2.28.